The third-order valence-corrected chi connectivity index (χ3v) is 5.64. The minimum atomic E-state index is 0.415. The summed E-state index contributed by atoms with van der Waals surface area (Å²) in [6.45, 7) is 3.16. The molecule has 1 unspecified atom stereocenters. The van der Waals surface area contributed by atoms with Gasteiger partial charge in [0.05, 0.1) is 0 Å². The number of hydrogen-bond acceptors (Lipinski definition) is 4. The minimum Gasteiger partial charge on any atom is -0.305 e. The molecule has 0 radical (unpaired) electrons. The molecule has 3 aromatic heterocycles. The number of nitrogens with one attached hydrogen (secondary N) is 1. The van der Waals surface area contributed by atoms with E-state index in [1.807, 2.05) is 11.3 Å². The maximum absolute atomic E-state index is 3.58. The van der Waals surface area contributed by atoms with Crippen LogP contribution in [0, 0.1) is 0 Å². The Hall–Kier alpha value is -0.940. The van der Waals surface area contributed by atoms with E-state index in [1.54, 1.807) is 22.7 Å². The molecule has 0 bridgehead atoms. The predicted molar refractivity (Wildman–Crippen MR) is 87.2 cm³/mol. The van der Waals surface area contributed by atoms with Gasteiger partial charge < -0.3 is 5.32 Å². The molecule has 0 fully saturated rings. The molecule has 0 spiro atoms. The Bertz CT molecular complexity index is 608. The van der Waals surface area contributed by atoms with E-state index in [9.17, 15) is 0 Å². The van der Waals surface area contributed by atoms with Gasteiger partial charge in [-0.05, 0) is 52.2 Å². The summed E-state index contributed by atoms with van der Waals surface area (Å²) >= 11 is 5.39. The second-order valence-corrected chi connectivity index (χ2v) is 7.16. The minimum absolute atomic E-state index is 0.415. The molecule has 1 atom stereocenters. The number of rotatable bonds is 5. The van der Waals surface area contributed by atoms with Gasteiger partial charge >= 0.3 is 0 Å². The summed E-state index contributed by atoms with van der Waals surface area (Å²) in [6, 6.07) is 9.18. The Balaban J connectivity index is 1.62. The van der Waals surface area contributed by atoms with Crippen molar-refractivity contribution in [3.8, 4) is 10.4 Å². The summed E-state index contributed by atoms with van der Waals surface area (Å²) in [7, 11) is 0. The normalized spacial score (nSPS) is 12.7. The zero-order chi connectivity index (χ0) is 13.1. The van der Waals surface area contributed by atoms with Crippen molar-refractivity contribution in [1.29, 1.82) is 0 Å². The first-order chi connectivity index (χ1) is 9.33. The van der Waals surface area contributed by atoms with E-state index in [-0.39, 0.29) is 0 Å². The molecule has 0 aliphatic carbocycles. The lowest BCUT2D eigenvalue weighted by molar-refractivity contribution is 0.580. The standard InChI is InChI=1S/C15H15NS3/c1-11(12-4-6-17-9-12)16-8-14-7-13(10-19-14)15-3-2-5-18-15/h2-7,9-11,16H,8H2,1H3. The van der Waals surface area contributed by atoms with Gasteiger partial charge in [-0.1, -0.05) is 6.07 Å². The van der Waals surface area contributed by atoms with Gasteiger partial charge in [-0.15, -0.1) is 22.7 Å². The van der Waals surface area contributed by atoms with Crippen LogP contribution in [0.4, 0.5) is 0 Å². The number of thiophene rings is 3. The van der Waals surface area contributed by atoms with Crippen molar-refractivity contribution in [3.63, 3.8) is 0 Å². The van der Waals surface area contributed by atoms with Crippen molar-refractivity contribution in [3.05, 3.63) is 56.2 Å². The maximum atomic E-state index is 3.58. The average molecular weight is 305 g/mol. The summed E-state index contributed by atoms with van der Waals surface area (Å²) in [5.41, 5.74) is 2.72. The molecule has 3 aromatic rings. The monoisotopic (exact) mass is 305 g/mol. The van der Waals surface area contributed by atoms with Crippen LogP contribution in [0.1, 0.15) is 23.4 Å². The second-order valence-electron chi connectivity index (χ2n) is 4.44. The molecule has 0 aliphatic rings. The molecular weight excluding hydrogens is 290 g/mol. The fourth-order valence-electron chi connectivity index (χ4n) is 1.94. The highest BCUT2D eigenvalue weighted by molar-refractivity contribution is 7.14. The maximum Gasteiger partial charge on any atom is 0.0351 e. The molecule has 3 heterocycles. The molecule has 98 valence electrons. The smallest absolute Gasteiger partial charge is 0.0351 e. The van der Waals surface area contributed by atoms with Crippen LogP contribution in [0.3, 0.4) is 0 Å². The van der Waals surface area contributed by atoms with Crippen molar-refractivity contribution < 1.29 is 0 Å². The largest absolute Gasteiger partial charge is 0.305 e. The lowest BCUT2D eigenvalue weighted by Gasteiger charge is -2.11. The van der Waals surface area contributed by atoms with Crippen LogP contribution in [-0.4, -0.2) is 0 Å². The van der Waals surface area contributed by atoms with Crippen LogP contribution in [0.5, 0.6) is 0 Å². The second kappa shape index (κ2) is 6.01. The van der Waals surface area contributed by atoms with E-state index < -0.39 is 0 Å². The molecule has 1 nitrogen and oxygen atoms in total. The zero-order valence-electron chi connectivity index (χ0n) is 10.6. The highest BCUT2D eigenvalue weighted by atomic mass is 32.1. The molecule has 0 aromatic carbocycles. The van der Waals surface area contributed by atoms with Gasteiger partial charge in [0, 0.05) is 27.9 Å². The molecule has 1 N–H and O–H groups in total. The summed E-state index contributed by atoms with van der Waals surface area (Å²) in [4.78, 5) is 2.75. The van der Waals surface area contributed by atoms with Crippen LogP contribution in [-0.2, 0) is 6.54 Å². The van der Waals surface area contributed by atoms with Crippen LogP contribution < -0.4 is 5.32 Å². The van der Waals surface area contributed by atoms with E-state index >= 15 is 0 Å². The SMILES string of the molecule is CC(NCc1cc(-c2cccs2)cs1)c1ccsc1. The average Bonchev–Trinajstić information content (AvgIpc) is 3.14. The van der Waals surface area contributed by atoms with Crippen molar-refractivity contribution in [2.45, 2.75) is 19.5 Å². The van der Waals surface area contributed by atoms with E-state index in [2.05, 4.69) is 58.0 Å². The first-order valence-electron chi connectivity index (χ1n) is 6.19. The molecular formula is C15H15NS3. The fourth-order valence-corrected chi connectivity index (χ4v) is 4.32. The van der Waals surface area contributed by atoms with Crippen molar-refractivity contribution in [2.75, 3.05) is 0 Å². The van der Waals surface area contributed by atoms with Gasteiger partial charge in [0.25, 0.3) is 0 Å². The van der Waals surface area contributed by atoms with Gasteiger partial charge in [0.15, 0.2) is 0 Å². The van der Waals surface area contributed by atoms with Crippen molar-refractivity contribution >= 4 is 34.0 Å². The van der Waals surface area contributed by atoms with Crippen LogP contribution >= 0.6 is 34.0 Å². The van der Waals surface area contributed by atoms with E-state index in [0.29, 0.717) is 6.04 Å². The molecule has 0 amide bonds. The lowest BCUT2D eigenvalue weighted by atomic mass is 10.2. The van der Waals surface area contributed by atoms with Crippen LogP contribution in [0.15, 0.2) is 45.8 Å². The molecule has 0 aliphatic heterocycles. The molecule has 19 heavy (non-hydrogen) atoms. The molecule has 0 saturated heterocycles. The Morgan fingerprint density at radius 3 is 2.84 bits per heavy atom. The van der Waals surface area contributed by atoms with Gasteiger partial charge in [0.1, 0.15) is 0 Å². The summed E-state index contributed by atoms with van der Waals surface area (Å²) < 4.78 is 0. The zero-order valence-corrected chi connectivity index (χ0v) is 13.1. The highest BCUT2D eigenvalue weighted by Gasteiger charge is 2.07. The van der Waals surface area contributed by atoms with Gasteiger partial charge in [-0.2, -0.15) is 11.3 Å². The van der Waals surface area contributed by atoms with Gasteiger partial charge in [0.2, 0.25) is 0 Å². The Labute approximate surface area is 125 Å². The number of hydrogen-bond donors (Lipinski definition) is 1. The quantitative estimate of drug-likeness (QED) is 0.666. The van der Waals surface area contributed by atoms with Crippen molar-refractivity contribution in [2.24, 2.45) is 0 Å². The third-order valence-electron chi connectivity index (χ3n) is 3.09. The van der Waals surface area contributed by atoms with Crippen LogP contribution in [0.2, 0.25) is 0 Å². The summed E-state index contributed by atoms with van der Waals surface area (Å²) in [5, 5.41) is 12.3. The van der Waals surface area contributed by atoms with E-state index in [0.717, 1.165) is 6.54 Å². The molecule has 3 rings (SSSR count). The van der Waals surface area contributed by atoms with Gasteiger partial charge in [-0.25, -0.2) is 0 Å². The summed E-state index contributed by atoms with van der Waals surface area (Å²) in [5.74, 6) is 0. The third kappa shape index (κ3) is 3.15. The molecule has 4 heteroatoms. The predicted octanol–water partition coefficient (Wildman–Crippen LogP) is 5.39. The lowest BCUT2D eigenvalue weighted by Crippen LogP contribution is -2.16. The Morgan fingerprint density at radius 1 is 1.16 bits per heavy atom. The Morgan fingerprint density at radius 2 is 2.11 bits per heavy atom. The Kier molecular flexibility index (Phi) is 4.13. The van der Waals surface area contributed by atoms with Crippen LogP contribution in [0.25, 0.3) is 10.4 Å². The van der Waals surface area contributed by atoms with Gasteiger partial charge in [-0.3, -0.25) is 0 Å². The first kappa shape index (κ1) is 13.1. The highest BCUT2D eigenvalue weighted by Crippen LogP contribution is 2.29. The van der Waals surface area contributed by atoms with Crippen molar-refractivity contribution in [1.82, 2.24) is 5.32 Å². The summed E-state index contributed by atoms with van der Waals surface area (Å²) in [6.07, 6.45) is 0. The van der Waals surface area contributed by atoms with E-state index in [4.69, 9.17) is 0 Å². The topological polar surface area (TPSA) is 12.0 Å². The fraction of sp³-hybridized carbons (Fsp3) is 0.200. The van der Waals surface area contributed by atoms with E-state index in [1.165, 1.54) is 20.9 Å². The first-order valence-corrected chi connectivity index (χ1v) is 8.90. The molecule has 0 saturated carbocycles.